The molecule has 0 spiro atoms. The number of pyridine rings is 2. The van der Waals surface area contributed by atoms with Crippen molar-refractivity contribution in [3.8, 4) is 28.8 Å². The van der Waals surface area contributed by atoms with Crippen molar-refractivity contribution in [2.75, 3.05) is 25.1 Å². The van der Waals surface area contributed by atoms with Gasteiger partial charge in [0.1, 0.15) is 29.2 Å². The summed E-state index contributed by atoms with van der Waals surface area (Å²) < 4.78 is 11.8. The maximum Gasteiger partial charge on any atom is 0.241 e. The maximum absolute atomic E-state index is 11.6. The molecule has 11 nitrogen and oxygen atoms in total. The Labute approximate surface area is 227 Å². The summed E-state index contributed by atoms with van der Waals surface area (Å²) in [5.74, 6) is 0.743. The minimum Gasteiger partial charge on any atom is -0.493 e. The topological polar surface area (TPSA) is 169 Å². The maximum atomic E-state index is 11.6. The molecular formula is C25H22Cl2N8O3. The monoisotopic (exact) mass is 552 g/mol. The number of nitrogens with two attached hydrogens (primary N) is 2. The van der Waals surface area contributed by atoms with Crippen LogP contribution in [0.3, 0.4) is 0 Å². The lowest BCUT2D eigenvalue weighted by atomic mass is 9.90. The highest BCUT2D eigenvalue weighted by Crippen LogP contribution is 2.40. The second-order valence-electron chi connectivity index (χ2n) is 8.98. The number of hydrogen-bond acceptors (Lipinski definition) is 9. The minimum absolute atomic E-state index is 0.179. The van der Waals surface area contributed by atoms with Gasteiger partial charge in [-0.1, -0.05) is 23.2 Å². The van der Waals surface area contributed by atoms with Crippen LogP contribution < -0.4 is 25.8 Å². The highest BCUT2D eigenvalue weighted by atomic mass is 35.5. The molecule has 13 heteroatoms. The number of fused-ring (bicyclic) bond motifs is 1. The molecule has 38 heavy (non-hydrogen) atoms. The van der Waals surface area contributed by atoms with Gasteiger partial charge in [-0.15, -0.1) is 0 Å². The fourth-order valence-electron chi connectivity index (χ4n) is 4.42. The van der Waals surface area contributed by atoms with Gasteiger partial charge in [0.15, 0.2) is 11.5 Å². The van der Waals surface area contributed by atoms with Crippen LogP contribution in [0.4, 0.5) is 5.82 Å². The molecule has 194 valence electrons. The number of carbonyl (C=O) groups excluding carboxylic acids is 1. The number of aromatic amines is 1. The highest BCUT2D eigenvalue weighted by molar-refractivity contribution is 6.35. The van der Waals surface area contributed by atoms with Crippen LogP contribution in [0.5, 0.6) is 11.5 Å². The lowest BCUT2D eigenvalue weighted by molar-refractivity contribution is -0.123. The van der Waals surface area contributed by atoms with Crippen LogP contribution in [-0.2, 0) is 4.79 Å². The molecule has 0 unspecified atom stereocenters. The predicted molar refractivity (Wildman–Crippen MR) is 142 cm³/mol. The van der Waals surface area contributed by atoms with Gasteiger partial charge >= 0.3 is 0 Å². The standard InChI is InChI=1S/C25H22Cl2N8O3/c1-12(21-16(26)8-31-9-17(21)27)38-20-4-15-18(5-19(20)37-2)33-34-22(15)14-3-13(6-28)23(32-7-14)35-10-25(30,11-35)24(29)36/h3-5,7-9,12H,10-11,30H2,1-2H3,(H2,29,36)(H,33,34)/t12-/m1/s1. The Kier molecular flexibility index (Phi) is 6.48. The minimum atomic E-state index is -1.14. The molecule has 1 aromatic carbocycles. The first kappa shape index (κ1) is 25.5. The number of H-pyrrole nitrogens is 1. The van der Waals surface area contributed by atoms with E-state index in [2.05, 4.69) is 26.2 Å². The van der Waals surface area contributed by atoms with E-state index < -0.39 is 17.6 Å². The van der Waals surface area contributed by atoms with Gasteiger partial charge in [-0.2, -0.15) is 10.4 Å². The van der Waals surface area contributed by atoms with E-state index >= 15 is 0 Å². The van der Waals surface area contributed by atoms with Crippen molar-refractivity contribution in [2.45, 2.75) is 18.6 Å². The van der Waals surface area contributed by atoms with E-state index in [4.69, 9.17) is 44.1 Å². The number of nitriles is 1. The van der Waals surface area contributed by atoms with Crippen LogP contribution in [0.25, 0.3) is 22.2 Å². The second-order valence-corrected chi connectivity index (χ2v) is 9.80. The van der Waals surface area contributed by atoms with E-state index in [1.165, 1.54) is 19.5 Å². The summed E-state index contributed by atoms with van der Waals surface area (Å²) in [4.78, 5) is 21.8. The fraction of sp³-hybridized carbons (Fsp3) is 0.240. The third kappa shape index (κ3) is 4.32. The number of benzene rings is 1. The quantitative estimate of drug-likeness (QED) is 0.311. The molecule has 1 atom stereocenters. The number of amides is 1. The third-order valence-electron chi connectivity index (χ3n) is 6.44. The van der Waals surface area contributed by atoms with Crippen LogP contribution in [0, 0.1) is 11.3 Å². The Bertz CT molecular complexity index is 1590. The van der Waals surface area contributed by atoms with Crippen molar-refractivity contribution in [1.82, 2.24) is 20.2 Å². The highest BCUT2D eigenvalue weighted by Gasteiger charge is 2.46. The number of nitrogens with zero attached hydrogens (tertiary/aromatic N) is 5. The molecule has 5 rings (SSSR count). The summed E-state index contributed by atoms with van der Waals surface area (Å²) in [6, 6.07) is 7.40. The zero-order valence-electron chi connectivity index (χ0n) is 20.3. The molecule has 4 aromatic rings. The smallest absolute Gasteiger partial charge is 0.241 e. The number of rotatable bonds is 7. The largest absolute Gasteiger partial charge is 0.493 e. The molecule has 0 radical (unpaired) electrons. The number of primary amides is 1. The normalized spacial score (nSPS) is 15.0. The average Bonchev–Trinajstić information content (AvgIpc) is 3.28. The molecule has 0 aliphatic carbocycles. The number of methoxy groups -OCH3 is 1. The second kappa shape index (κ2) is 9.64. The van der Waals surface area contributed by atoms with Crippen molar-refractivity contribution >= 4 is 45.8 Å². The van der Waals surface area contributed by atoms with Gasteiger partial charge in [0, 0.05) is 54.3 Å². The molecular weight excluding hydrogens is 531 g/mol. The molecule has 1 amide bonds. The number of nitrogens with one attached hydrogen (secondary N) is 1. The zero-order valence-corrected chi connectivity index (χ0v) is 21.8. The molecule has 3 aromatic heterocycles. The number of carbonyl (C=O) groups is 1. The van der Waals surface area contributed by atoms with E-state index in [1.807, 2.05) is 6.92 Å². The number of ether oxygens (including phenoxy) is 2. The van der Waals surface area contributed by atoms with Crippen LogP contribution in [-0.4, -0.2) is 51.8 Å². The Morgan fingerprint density at radius 2 is 1.92 bits per heavy atom. The zero-order chi connectivity index (χ0) is 27.2. The average molecular weight is 553 g/mol. The van der Waals surface area contributed by atoms with Gasteiger partial charge < -0.3 is 25.8 Å². The molecule has 1 fully saturated rings. The summed E-state index contributed by atoms with van der Waals surface area (Å²) in [6.07, 6.45) is 4.10. The van der Waals surface area contributed by atoms with E-state index in [1.54, 1.807) is 29.3 Å². The Hall–Kier alpha value is -4.11. The number of anilines is 1. The molecule has 0 saturated carbocycles. The Morgan fingerprint density at radius 3 is 2.55 bits per heavy atom. The van der Waals surface area contributed by atoms with Crippen molar-refractivity contribution in [3.05, 3.63) is 58.0 Å². The lowest BCUT2D eigenvalue weighted by Gasteiger charge is -2.46. The summed E-state index contributed by atoms with van der Waals surface area (Å²) >= 11 is 12.6. The molecule has 1 saturated heterocycles. The van der Waals surface area contributed by atoms with Gasteiger partial charge in [0.05, 0.1) is 28.2 Å². The van der Waals surface area contributed by atoms with Crippen LogP contribution in [0.1, 0.15) is 24.2 Å². The number of aromatic nitrogens is 4. The molecule has 1 aliphatic rings. The van der Waals surface area contributed by atoms with Gasteiger partial charge in [-0.25, -0.2) is 4.98 Å². The first-order valence-corrected chi connectivity index (χ1v) is 12.2. The van der Waals surface area contributed by atoms with Crippen molar-refractivity contribution in [1.29, 1.82) is 5.26 Å². The van der Waals surface area contributed by atoms with E-state index in [-0.39, 0.29) is 13.1 Å². The van der Waals surface area contributed by atoms with Crippen molar-refractivity contribution < 1.29 is 14.3 Å². The van der Waals surface area contributed by atoms with Gasteiger partial charge in [0.25, 0.3) is 0 Å². The summed E-state index contributed by atoms with van der Waals surface area (Å²) in [5, 5.41) is 18.7. The van der Waals surface area contributed by atoms with E-state index in [0.29, 0.717) is 55.3 Å². The van der Waals surface area contributed by atoms with Crippen LogP contribution in [0.2, 0.25) is 10.0 Å². The molecule has 0 bridgehead atoms. The molecule has 5 N–H and O–H groups in total. The van der Waals surface area contributed by atoms with Gasteiger partial charge in [-0.05, 0) is 19.1 Å². The summed E-state index contributed by atoms with van der Waals surface area (Å²) in [7, 11) is 1.54. The summed E-state index contributed by atoms with van der Waals surface area (Å²) in [5.41, 5.74) is 13.0. The van der Waals surface area contributed by atoms with Crippen LogP contribution >= 0.6 is 23.2 Å². The van der Waals surface area contributed by atoms with Gasteiger partial charge in [0.2, 0.25) is 5.91 Å². The van der Waals surface area contributed by atoms with Gasteiger partial charge in [-0.3, -0.25) is 14.9 Å². The van der Waals surface area contributed by atoms with Crippen molar-refractivity contribution in [3.63, 3.8) is 0 Å². The van der Waals surface area contributed by atoms with E-state index in [9.17, 15) is 10.1 Å². The van der Waals surface area contributed by atoms with E-state index in [0.717, 1.165) is 5.39 Å². The predicted octanol–water partition coefficient (Wildman–Crippen LogP) is 3.35. The van der Waals surface area contributed by atoms with Crippen LogP contribution in [0.15, 0.2) is 36.8 Å². The SMILES string of the molecule is COc1cc2[nH]nc(-c3cnc(N4CC(N)(C(N)=O)C4)c(C#N)c3)c2cc1O[C@H](C)c1c(Cl)cncc1Cl. The summed E-state index contributed by atoms with van der Waals surface area (Å²) in [6.45, 7) is 2.18. The number of hydrogen-bond donors (Lipinski definition) is 3. The molecule has 1 aliphatic heterocycles. The Balaban J connectivity index is 1.50. The first-order chi connectivity index (χ1) is 18.1. The lowest BCUT2D eigenvalue weighted by Crippen LogP contribution is -2.73. The fourth-order valence-corrected chi connectivity index (χ4v) is 5.09. The van der Waals surface area contributed by atoms with Crippen molar-refractivity contribution in [2.24, 2.45) is 11.5 Å². The Morgan fingerprint density at radius 1 is 1.21 bits per heavy atom. The number of halogens is 2. The third-order valence-corrected chi connectivity index (χ3v) is 7.05. The molecule has 4 heterocycles. The first-order valence-electron chi connectivity index (χ1n) is 11.4.